The molecule has 0 aromatic rings. The Morgan fingerprint density at radius 2 is 2.42 bits per heavy atom. The molecule has 3 nitrogen and oxygen atoms in total. The Kier molecular flexibility index (Phi) is 2.73. The van der Waals surface area contributed by atoms with E-state index < -0.39 is 11.5 Å². The quantitative estimate of drug-likeness (QED) is 0.671. The maximum Gasteiger partial charge on any atom is 0.324 e. The molecule has 1 unspecified atom stereocenters. The molecule has 0 spiro atoms. The summed E-state index contributed by atoms with van der Waals surface area (Å²) in [6.45, 7) is 4.89. The molecule has 1 aliphatic rings. The Labute approximate surface area is 73.2 Å². The van der Waals surface area contributed by atoms with Crippen molar-refractivity contribution in [1.29, 1.82) is 0 Å². The predicted molar refractivity (Wildman–Crippen MR) is 47.1 cm³/mol. The van der Waals surface area contributed by atoms with Crippen LogP contribution in [-0.4, -0.2) is 23.2 Å². The van der Waals surface area contributed by atoms with Crippen molar-refractivity contribution in [2.24, 2.45) is 5.92 Å². The molecule has 70 valence electrons. The Morgan fingerprint density at radius 1 is 1.75 bits per heavy atom. The van der Waals surface area contributed by atoms with E-state index in [0.717, 1.165) is 25.8 Å². The number of hydrogen-bond donors (Lipinski definition) is 2. The van der Waals surface area contributed by atoms with Crippen molar-refractivity contribution in [3.05, 3.63) is 0 Å². The number of carboxylic acid groups (broad SMARTS) is 1. The van der Waals surface area contributed by atoms with Gasteiger partial charge in [-0.15, -0.1) is 0 Å². The SMILES string of the molecule is CCC(C)[C@]1(C(=O)O)CCCN1. The summed E-state index contributed by atoms with van der Waals surface area (Å²) in [5, 5.41) is 12.2. The topological polar surface area (TPSA) is 49.3 Å². The lowest BCUT2D eigenvalue weighted by Crippen LogP contribution is -2.52. The molecule has 2 atom stereocenters. The Hall–Kier alpha value is -0.570. The van der Waals surface area contributed by atoms with Crippen LogP contribution in [0.4, 0.5) is 0 Å². The molecule has 3 heteroatoms. The van der Waals surface area contributed by atoms with Crippen LogP contribution in [0, 0.1) is 5.92 Å². The van der Waals surface area contributed by atoms with Gasteiger partial charge in [0.1, 0.15) is 5.54 Å². The molecule has 0 saturated carbocycles. The lowest BCUT2D eigenvalue weighted by atomic mass is 9.82. The molecule has 0 bridgehead atoms. The van der Waals surface area contributed by atoms with Gasteiger partial charge in [0.25, 0.3) is 0 Å². The van der Waals surface area contributed by atoms with Crippen molar-refractivity contribution < 1.29 is 9.90 Å². The summed E-state index contributed by atoms with van der Waals surface area (Å²) in [5.74, 6) is -0.466. The number of carbonyl (C=O) groups is 1. The van der Waals surface area contributed by atoms with Crippen LogP contribution in [-0.2, 0) is 4.79 Å². The summed E-state index contributed by atoms with van der Waals surface area (Å²) < 4.78 is 0. The molecule has 0 radical (unpaired) electrons. The van der Waals surface area contributed by atoms with Crippen LogP contribution in [0.2, 0.25) is 0 Å². The van der Waals surface area contributed by atoms with E-state index >= 15 is 0 Å². The second-order valence-corrected chi connectivity index (χ2v) is 3.62. The Bertz CT molecular complexity index is 173. The van der Waals surface area contributed by atoms with Gasteiger partial charge < -0.3 is 10.4 Å². The zero-order valence-corrected chi connectivity index (χ0v) is 7.76. The zero-order valence-electron chi connectivity index (χ0n) is 7.76. The van der Waals surface area contributed by atoms with E-state index in [9.17, 15) is 4.79 Å². The molecule has 1 fully saturated rings. The molecule has 0 aromatic carbocycles. The van der Waals surface area contributed by atoms with E-state index in [1.807, 2.05) is 13.8 Å². The van der Waals surface area contributed by atoms with E-state index in [0.29, 0.717) is 0 Å². The van der Waals surface area contributed by atoms with Gasteiger partial charge in [-0.3, -0.25) is 4.79 Å². The largest absolute Gasteiger partial charge is 0.480 e. The van der Waals surface area contributed by atoms with Gasteiger partial charge in [-0.25, -0.2) is 0 Å². The van der Waals surface area contributed by atoms with Crippen molar-refractivity contribution >= 4 is 5.97 Å². The first-order valence-corrected chi connectivity index (χ1v) is 4.62. The van der Waals surface area contributed by atoms with Gasteiger partial charge in [-0.05, 0) is 25.3 Å². The number of aliphatic carboxylic acids is 1. The lowest BCUT2D eigenvalue weighted by Gasteiger charge is -2.30. The van der Waals surface area contributed by atoms with E-state index in [1.54, 1.807) is 0 Å². The molecule has 1 rings (SSSR count). The lowest BCUT2D eigenvalue weighted by molar-refractivity contribution is -0.146. The minimum atomic E-state index is -0.686. The van der Waals surface area contributed by atoms with Gasteiger partial charge in [-0.1, -0.05) is 20.3 Å². The second-order valence-electron chi connectivity index (χ2n) is 3.62. The van der Waals surface area contributed by atoms with E-state index in [-0.39, 0.29) is 5.92 Å². The molecule has 0 aromatic heterocycles. The van der Waals surface area contributed by atoms with Crippen LogP contribution in [0.15, 0.2) is 0 Å². The number of carboxylic acids is 1. The normalized spacial score (nSPS) is 31.8. The first-order chi connectivity index (χ1) is 5.63. The summed E-state index contributed by atoms with van der Waals surface area (Å²) in [7, 11) is 0. The van der Waals surface area contributed by atoms with Gasteiger partial charge in [0.05, 0.1) is 0 Å². The zero-order chi connectivity index (χ0) is 9.19. The Balaban J connectivity index is 2.78. The highest BCUT2D eigenvalue weighted by molar-refractivity contribution is 5.79. The van der Waals surface area contributed by atoms with Gasteiger partial charge >= 0.3 is 5.97 Å². The fourth-order valence-corrected chi connectivity index (χ4v) is 1.93. The smallest absolute Gasteiger partial charge is 0.324 e. The minimum absolute atomic E-state index is 0.220. The summed E-state index contributed by atoms with van der Waals surface area (Å²) in [6.07, 6.45) is 2.67. The van der Waals surface area contributed by atoms with Gasteiger partial charge in [0, 0.05) is 0 Å². The van der Waals surface area contributed by atoms with Gasteiger partial charge in [0.2, 0.25) is 0 Å². The van der Waals surface area contributed by atoms with Crippen molar-refractivity contribution in [2.75, 3.05) is 6.54 Å². The van der Waals surface area contributed by atoms with Gasteiger partial charge in [-0.2, -0.15) is 0 Å². The summed E-state index contributed by atoms with van der Waals surface area (Å²) in [6, 6.07) is 0. The molecule has 2 N–H and O–H groups in total. The summed E-state index contributed by atoms with van der Waals surface area (Å²) in [4.78, 5) is 11.1. The third-order valence-electron chi connectivity index (χ3n) is 3.02. The van der Waals surface area contributed by atoms with E-state index in [4.69, 9.17) is 5.11 Å². The minimum Gasteiger partial charge on any atom is -0.480 e. The molecule has 0 aliphatic carbocycles. The average Bonchev–Trinajstić information content (AvgIpc) is 2.52. The maximum atomic E-state index is 11.1. The fourth-order valence-electron chi connectivity index (χ4n) is 1.93. The van der Waals surface area contributed by atoms with E-state index in [2.05, 4.69) is 5.32 Å². The van der Waals surface area contributed by atoms with Crippen LogP contribution >= 0.6 is 0 Å². The van der Waals surface area contributed by atoms with Crippen LogP contribution < -0.4 is 5.32 Å². The fraction of sp³-hybridized carbons (Fsp3) is 0.889. The average molecular weight is 171 g/mol. The molecule has 1 saturated heterocycles. The maximum absolute atomic E-state index is 11.1. The first kappa shape index (κ1) is 9.52. The molecular formula is C9H17NO2. The highest BCUT2D eigenvalue weighted by atomic mass is 16.4. The van der Waals surface area contributed by atoms with Crippen molar-refractivity contribution in [2.45, 2.75) is 38.6 Å². The van der Waals surface area contributed by atoms with Crippen molar-refractivity contribution in [3.8, 4) is 0 Å². The number of rotatable bonds is 3. The van der Waals surface area contributed by atoms with Crippen LogP contribution in [0.1, 0.15) is 33.1 Å². The van der Waals surface area contributed by atoms with Crippen LogP contribution in [0.3, 0.4) is 0 Å². The number of nitrogens with one attached hydrogen (secondary N) is 1. The van der Waals surface area contributed by atoms with Gasteiger partial charge in [0.15, 0.2) is 0 Å². The summed E-state index contributed by atoms with van der Waals surface area (Å²) in [5.41, 5.74) is -0.630. The highest BCUT2D eigenvalue weighted by Crippen LogP contribution is 2.29. The standard InChI is InChI=1S/C9H17NO2/c1-3-7(2)9(8(11)12)5-4-6-10-9/h7,10H,3-6H2,1-2H3,(H,11,12)/t7?,9-/m0/s1. The Morgan fingerprint density at radius 3 is 2.75 bits per heavy atom. The molecule has 0 amide bonds. The molecule has 12 heavy (non-hydrogen) atoms. The monoisotopic (exact) mass is 171 g/mol. The molecular weight excluding hydrogens is 154 g/mol. The summed E-state index contributed by atoms with van der Waals surface area (Å²) >= 11 is 0. The first-order valence-electron chi connectivity index (χ1n) is 4.62. The molecule has 1 aliphatic heterocycles. The van der Waals surface area contributed by atoms with Crippen molar-refractivity contribution in [3.63, 3.8) is 0 Å². The second kappa shape index (κ2) is 3.44. The highest BCUT2D eigenvalue weighted by Gasteiger charge is 2.44. The third-order valence-corrected chi connectivity index (χ3v) is 3.02. The molecule has 1 heterocycles. The number of hydrogen-bond acceptors (Lipinski definition) is 2. The third kappa shape index (κ3) is 1.33. The van der Waals surface area contributed by atoms with E-state index in [1.165, 1.54) is 0 Å². The van der Waals surface area contributed by atoms with Crippen LogP contribution in [0.5, 0.6) is 0 Å². The van der Waals surface area contributed by atoms with Crippen LogP contribution in [0.25, 0.3) is 0 Å². The predicted octanol–water partition coefficient (Wildman–Crippen LogP) is 1.24. The van der Waals surface area contributed by atoms with Crippen molar-refractivity contribution in [1.82, 2.24) is 5.32 Å².